The minimum absolute atomic E-state index is 0.0236. The molecule has 0 radical (unpaired) electrons. The van der Waals surface area contributed by atoms with Gasteiger partial charge in [-0.15, -0.1) is 10.2 Å². The molecule has 0 saturated carbocycles. The van der Waals surface area contributed by atoms with Crippen molar-refractivity contribution in [2.45, 2.75) is 0 Å². The Morgan fingerprint density at radius 1 is 1.28 bits per heavy atom. The first-order chi connectivity index (χ1) is 12.0. The van der Waals surface area contributed by atoms with Gasteiger partial charge in [0.15, 0.2) is 11.4 Å². The van der Waals surface area contributed by atoms with E-state index in [0.717, 1.165) is 0 Å². The number of hydrogen-bond acceptors (Lipinski definition) is 5. The van der Waals surface area contributed by atoms with Gasteiger partial charge in [0.05, 0.1) is 11.4 Å². The molecule has 0 saturated heterocycles. The zero-order chi connectivity index (χ0) is 18.0. The van der Waals surface area contributed by atoms with Crippen molar-refractivity contribution in [3.05, 3.63) is 40.6 Å². The van der Waals surface area contributed by atoms with Crippen molar-refractivity contribution >= 4 is 22.4 Å². The van der Waals surface area contributed by atoms with E-state index in [1.54, 1.807) is 24.3 Å². The fourth-order valence-electron chi connectivity index (χ4n) is 2.34. The third kappa shape index (κ3) is 2.69. The average Bonchev–Trinajstić information content (AvgIpc) is 2.91. The Labute approximate surface area is 139 Å². The molecular formula is C14H8N9O2+. The van der Waals surface area contributed by atoms with Crippen molar-refractivity contribution in [3.8, 4) is 23.5 Å². The number of benzene rings is 1. The molecule has 1 aliphatic heterocycles. The van der Waals surface area contributed by atoms with E-state index in [1.807, 2.05) is 12.1 Å². The number of guanidine groups is 1. The summed E-state index contributed by atoms with van der Waals surface area (Å²) in [4.78, 5) is 17.4. The molecule has 11 heteroatoms. The molecule has 120 valence electrons. The van der Waals surface area contributed by atoms with Gasteiger partial charge in [-0.1, -0.05) is 24.3 Å². The highest BCUT2D eigenvalue weighted by Crippen LogP contribution is 2.42. The molecule has 2 aliphatic rings. The summed E-state index contributed by atoms with van der Waals surface area (Å²) in [5, 5.41) is 37.8. The number of nitrogens with one attached hydrogen (secondary N) is 1. The smallest absolute Gasteiger partial charge is 0.361 e. The minimum atomic E-state index is -0.740. The lowest BCUT2D eigenvalue weighted by molar-refractivity contribution is -0.796. The first kappa shape index (κ1) is 15.5. The summed E-state index contributed by atoms with van der Waals surface area (Å²) in [7, 11) is 0. The van der Waals surface area contributed by atoms with Crippen molar-refractivity contribution in [1.29, 1.82) is 10.5 Å². The molecule has 0 unspecified atom stereocenters. The largest absolute Gasteiger partial charge is 0.391 e. The summed E-state index contributed by atoms with van der Waals surface area (Å²) in [6.45, 7) is 0. The van der Waals surface area contributed by atoms with Gasteiger partial charge >= 0.3 is 11.0 Å². The van der Waals surface area contributed by atoms with Crippen molar-refractivity contribution in [1.82, 2.24) is 9.97 Å². The van der Waals surface area contributed by atoms with Crippen LogP contribution in [0, 0.1) is 27.6 Å². The number of aromatic amines is 1. The van der Waals surface area contributed by atoms with Gasteiger partial charge in [0.1, 0.15) is 27.8 Å². The number of nitrogens with two attached hydrogens (primary N) is 1. The first-order valence-electron chi connectivity index (χ1n) is 6.71. The van der Waals surface area contributed by atoms with Crippen LogP contribution in [-0.4, -0.2) is 26.2 Å². The molecule has 0 aromatic heterocycles. The van der Waals surface area contributed by atoms with Gasteiger partial charge < -0.3 is 10.7 Å². The number of nitrogens with zero attached hydrogens (tertiary/aromatic N) is 7. The SMILES string of the molecule is N#Cc1nc2c3ccccc3c(N=N/C(N)=N/[N+](=O)O)c-2[nH]c1C#N. The van der Waals surface area contributed by atoms with E-state index in [0.29, 0.717) is 27.8 Å². The Balaban J connectivity index is 2.30. The lowest BCUT2D eigenvalue weighted by Gasteiger charge is -2.03. The molecule has 1 heterocycles. The van der Waals surface area contributed by atoms with Crippen LogP contribution in [0.25, 0.3) is 22.2 Å². The number of fused-ring (bicyclic) bond motifs is 3. The topological polar surface area (TPSA) is 180 Å². The van der Waals surface area contributed by atoms with Gasteiger partial charge in [-0.05, 0) is 0 Å². The van der Waals surface area contributed by atoms with E-state index in [4.69, 9.17) is 21.5 Å². The van der Waals surface area contributed by atoms with Crippen LogP contribution in [0.2, 0.25) is 0 Å². The Morgan fingerprint density at radius 3 is 2.64 bits per heavy atom. The van der Waals surface area contributed by atoms with E-state index < -0.39 is 11.0 Å². The molecule has 0 fully saturated rings. The van der Waals surface area contributed by atoms with Gasteiger partial charge in [0.2, 0.25) is 0 Å². The van der Waals surface area contributed by atoms with Gasteiger partial charge in [0, 0.05) is 10.8 Å². The normalized spacial score (nSPS) is 11.7. The van der Waals surface area contributed by atoms with Crippen LogP contribution in [0.15, 0.2) is 39.6 Å². The van der Waals surface area contributed by atoms with Crippen molar-refractivity contribution in [2.24, 2.45) is 21.1 Å². The van der Waals surface area contributed by atoms with Crippen LogP contribution >= 0.6 is 0 Å². The number of H-pyrrole nitrogens is 1. The van der Waals surface area contributed by atoms with Gasteiger partial charge in [-0.2, -0.15) is 10.5 Å². The lowest BCUT2D eigenvalue weighted by atomic mass is 10.2. The van der Waals surface area contributed by atoms with Crippen molar-refractivity contribution in [3.63, 3.8) is 0 Å². The molecule has 0 bridgehead atoms. The highest BCUT2D eigenvalue weighted by atomic mass is 16.7. The van der Waals surface area contributed by atoms with Gasteiger partial charge in [0.25, 0.3) is 0 Å². The molecule has 11 nitrogen and oxygen atoms in total. The fraction of sp³-hybridized carbons (Fsp3) is 0. The van der Waals surface area contributed by atoms with Crippen LogP contribution in [0.5, 0.6) is 0 Å². The maximum atomic E-state index is 10.4. The Morgan fingerprint density at radius 2 is 2.00 bits per heavy atom. The molecule has 0 amide bonds. The van der Waals surface area contributed by atoms with E-state index in [9.17, 15) is 4.91 Å². The molecule has 0 atom stereocenters. The molecule has 1 aromatic rings. The van der Waals surface area contributed by atoms with Gasteiger partial charge in [-0.25, -0.2) is 10.2 Å². The lowest BCUT2D eigenvalue weighted by Crippen LogP contribution is -2.10. The van der Waals surface area contributed by atoms with Crippen LogP contribution < -0.4 is 5.73 Å². The number of aromatic nitrogens is 2. The summed E-state index contributed by atoms with van der Waals surface area (Å²) in [5.41, 5.74) is 6.38. The third-order valence-electron chi connectivity index (χ3n) is 3.28. The molecule has 3 rings (SSSR count). The predicted octanol–water partition coefficient (Wildman–Crippen LogP) is 1.89. The molecular weight excluding hydrogens is 326 g/mol. The number of rotatable bonds is 2. The quantitative estimate of drug-likeness (QED) is 0.278. The van der Waals surface area contributed by atoms with Gasteiger partial charge in [-0.3, -0.25) is 0 Å². The second-order valence-corrected chi connectivity index (χ2v) is 4.71. The van der Waals surface area contributed by atoms with Crippen LogP contribution in [0.1, 0.15) is 11.4 Å². The standard InChI is InChI=1S/C14H8N9O2/c15-5-9-10(6-16)19-13-11(18-9)7-3-1-2-4-8(7)12(13)20-21-14(17)22-23(24)25/h1-4,19H,(H2,17,22)(H,24,25)/q+1. The first-order valence-corrected chi connectivity index (χ1v) is 6.71. The minimum Gasteiger partial charge on any atom is -0.361 e. The highest BCUT2D eigenvalue weighted by Gasteiger charge is 2.22. The average molecular weight is 334 g/mol. The second kappa shape index (κ2) is 6.02. The summed E-state index contributed by atoms with van der Waals surface area (Å²) >= 11 is 0. The Hall–Kier alpha value is -4.38. The van der Waals surface area contributed by atoms with E-state index in [2.05, 4.69) is 25.3 Å². The summed E-state index contributed by atoms with van der Waals surface area (Å²) in [6, 6.07) is 10.8. The highest BCUT2D eigenvalue weighted by molar-refractivity contribution is 6.10. The summed E-state index contributed by atoms with van der Waals surface area (Å²) < 4.78 is 0. The number of hydrazone groups is 1. The van der Waals surface area contributed by atoms with E-state index in [1.165, 1.54) is 0 Å². The molecule has 25 heavy (non-hydrogen) atoms. The van der Waals surface area contributed by atoms with Crippen molar-refractivity contribution in [2.75, 3.05) is 0 Å². The molecule has 4 N–H and O–H groups in total. The maximum absolute atomic E-state index is 10.4. The Kier molecular flexibility index (Phi) is 3.73. The number of azo groups is 1. The predicted molar refractivity (Wildman–Crippen MR) is 83.7 cm³/mol. The van der Waals surface area contributed by atoms with Crippen LogP contribution in [0.3, 0.4) is 0 Å². The molecule has 1 aliphatic carbocycles. The van der Waals surface area contributed by atoms with Crippen LogP contribution in [-0.2, 0) is 0 Å². The van der Waals surface area contributed by atoms with E-state index >= 15 is 0 Å². The van der Waals surface area contributed by atoms with Crippen molar-refractivity contribution < 1.29 is 10.2 Å². The second-order valence-electron chi connectivity index (χ2n) is 4.71. The molecule has 1 aromatic carbocycles. The fourth-order valence-corrected chi connectivity index (χ4v) is 2.34. The molecule has 0 spiro atoms. The monoisotopic (exact) mass is 334 g/mol. The zero-order valence-electron chi connectivity index (χ0n) is 12.4. The van der Waals surface area contributed by atoms with E-state index in [-0.39, 0.29) is 11.4 Å². The Bertz CT molecular complexity index is 1110. The summed E-state index contributed by atoms with van der Waals surface area (Å²) in [6.07, 6.45) is 0. The zero-order valence-corrected chi connectivity index (χ0v) is 12.4. The summed E-state index contributed by atoms with van der Waals surface area (Å²) in [5.74, 6) is -0.571. The third-order valence-corrected chi connectivity index (χ3v) is 3.28. The maximum Gasteiger partial charge on any atom is 0.391 e. The number of nitriles is 2. The number of hydrogen-bond donors (Lipinski definition) is 3. The van der Waals surface area contributed by atoms with Crippen LogP contribution in [0.4, 0.5) is 5.69 Å².